The number of rotatable bonds is 13. The van der Waals surface area contributed by atoms with Crippen molar-refractivity contribution in [1.29, 1.82) is 0 Å². The monoisotopic (exact) mass is 478 g/mol. The van der Waals surface area contributed by atoms with Gasteiger partial charge in [-0.25, -0.2) is 4.79 Å². The second kappa shape index (κ2) is 13.8. The molecule has 0 heterocycles. The summed E-state index contributed by atoms with van der Waals surface area (Å²) in [6.45, 7) is 2.36. The van der Waals surface area contributed by atoms with Crippen molar-refractivity contribution in [3.8, 4) is 11.5 Å². The van der Waals surface area contributed by atoms with E-state index in [4.69, 9.17) is 9.47 Å². The zero-order chi connectivity index (χ0) is 25.1. The summed E-state index contributed by atoms with van der Waals surface area (Å²) in [5, 5.41) is 25.0. The van der Waals surface area contributed by atoms with E-state index >= 15 is 0 Å². The van der Waals surface area contributed by atoms with Crippen LogP contribution in [0.5, 0.6) is 11.5 Å². The molecule has 9 nitrogen and oxygen atoms in total. The van der Waals surface area contributed by atoms with Crippen LogP contribution in [-0.4, -0.2) is 60.9 Å². The molecule has 190 valence electrons. The highest BCUT2D eigenvalue weighted by Gasteiger charge is 2.30. The maximum absolute atomic E-state index is 12.9. The molecule has 1 unspecified atom stereocenters. The molecule has 4 N–H and O–H groups in total. The Hall–Kier alpha value is -2.81. The molecule has 3 atom stereocenters. The fourth-order valence-electron chi connectivity index (χ4n) is 4.47. The molecule has 0 spiro atoms. The highest BCUT2D eigenvalue weighted by Crippen LogP contribution is 2.30. The molecule has 0 bridgehead atoms. The van der Waals surface area contributed by atoms with Crippen molar-refractivity contribution in [3.63, 3.8) is 0 Å². The quantitative estimate of drug-likeness (QED) is 0.318. The van der Waals surface area contributed by atoms with Gasteiger partial charge in [-0.2, -0.15) is 0 Å². The van der Waals surface area contributed by atoms with Crippen LogP contribution in [-0.2, 0) is 19.1 Å². The number of phenolic OH excluding ortho intramolecular Hbond substituents is 1. The van der Waals surface area contributed by atoms with Crippen LogP contribution in [0.25, 0.3) is 0 Å². The molecule has 34 heavy (non-hydrogen) atoms. The molecular formula is C25H38N2O7. The number of carboxylic acid groups (broad SMARTS) is 1. The Bertz CT molecular complexity index is 823. The molecule has 9 heteroatoms. The van der Waals surface area contributed by atoms with Crippen molar-refractivity contribution >= 4 is 17.8 Å². The number of nitrogens with one attached hydrogen (secondary N) is 2. The van der Waals surface area contributed by atoms with Gasteiger partial charge in [-0.15, -0.1) is 0 Å². The highest BCUT2D eigenvalue weighted by molar-refractivity contribution is 5.90. The van der Waals surface area contributed by atoms with Crippen LogP contribution in [0.2, 0.25) is 0 Å². The van der Waals surface area contributed by atoms with Gasteiger partial charge in [-0.1, -0.05) is 45.1 Å². The number of carbonyl (C=O) groups is 3. The van der Waals surface area contributed by atoms with Crippen LogP contribution in [0.3, 0.4) is 0 Å². The normalized spacial score (nSPS) is 16.8. The Kier molecular flexibility index (Phi) is 11.1. The van der Waals surface area contributed by atoms with Crippen LogP contribution in [0.15, 0.2) is 18.2 Å². The lowest BCUT2D eigenvalue weighted by Gasteiger charge is -2.27. The van der Waals surface area contributed by atoms with Crippen LogP contribution < -0.4 is 15.4 Å². The minimum absolute atomic E-state index is 0.0481. The predicted octanol–water partition coefficient (Wildman–Crippen LogP) is 2.96. The molecule has 1 amide bonds. The molecule has 0 radical (unpaired) electrons. The van der Waals surface area contributed by atoms with E-state index in [9.17, 15) is 24.6 Å². The third-order valence-corrected chi connectivity index (χ3v) is 6.53. The molecule has 1 aromatic carbocycles. The van der Waals surface area contributed by atoms with E-state index in [1.54, 1.807) is 12.1 Å². The van der Waals surface area contributed by atoms with Gasteiger partial charge in [0.05, 0.1) is 26.7 Å². The van der Waals surface area contributed by atoms with E-state index in [1.165, 1.54) is 20.6 Å². The molecule has 2 rings (SSSR count). The lowest BCUT2D eigenvalue weighted by molar-refractivity contribution is -0.146. The number of hydrogen-bond donors (Lipinski definition) is 4. The number of carboxylic acids is 1. The Labute approximate surface area is 201 Å². The Morgan fingerprint density at radius 2 is 1.82 bits per heavy atom. The first-order chi connectivity index (χ1) is 16.2. The average Bonchev–Trinajstić information content (AvgIpc) is 2.82. The van der Waals surface area contributed by atoms with E-state index in [2.05, 4.69) is 10.6 Å². The number of ether oxygens (including phenoxy) is 2. The van der Waals surface area contributed by atoms with Crippen molar-refractivity contribution in [2.45, 2.75) is 76.3 Å². The number of hydrogen-bond acceptors (Lipinski definition) is 7. The number of carbonyl (C=O) groups excluding carboxylic acids is 2. The fraction of sp³-hybridized carbons (Fsp3) is 0.640. The molecule has 1 aromatic rings. The summed E-state index contributed by atoms with van der Waals surface area (Å²) in [6, 6.07) is 3.41. The van der Waals surface area contributed by atoms with Gasteiger partial charge in [0.1, 0.15) is 6.04 Å². The van der Waals surface area contributed by atoms with Gasteiger partial charge in [-0.3, -0.25) is 9.59 Å². The summed E-state index contributed by atoms with van der Waals surface area (Å²) in [4.78, 5) is 36.6. The summed E-state index contributed by atoms with van der Waals surface area (Å²) >= 11 is 0. The van der Waals surface area contributed by atoms with E-state index in [0.717, 1.165) is 31.2 Å². The average molecular weight is 479 g/mol. The number of amides is 1. The second-order valence-electron chi connectivity index (χ2n) is 9.05. The third-order valence-electron chi connectivity index (χ3n) is 6.53. The van der Waals surface area contributed by atoms with Crippen molar-refractivity contribution in [2.24, 2.45) is 5.92 Å². The lowest BCUT2D eigenvalue weighted by Crippen LogP contribution is -2.52. The van der Waals surface area contributed by atoms with Gasteiger partial charge in [0.2, 0.25) is 5.91 Å². The van der Waals surface area contributed by atoms with Crippen LogP contribution in [0, 0.1) is 5.92 Å². The highest BCUT2D eigenvalue weighted by atomic mass is 16.5. The first-order valence-electron chi connectivity index (χ1n) is 11.9. The molecular weight excluding hydrogens is 440 g/mol. The molecule has 0 aliphatic heterocycles. The second-order valence-corrected chi connectivity index (χ2v) is 9.05. The largest absolute Gasteiger partial charge is 0.504 e. The number of phenols is 1. The van der Waals surface area contributed by atoms with Gasteiger partial charge >= 0.3 is 11.9 Å². The van der Waals surface area contributed by atoms with Crippen LogP contribution >= 0.6 is 0 Å². The number of esters is 1. The fourth-order valence-corrected chi connectivity index (χ4v) is 4.47. The Morgan fingerprint density at radius 1 is 1.12 bits per heavy atom. The summed E-state index contributed by atoms with van der Waals surface area (Å²) < 4.78 is 9.95. The van der Waals surface area contributed by atoms with Crippen molar-refractivity contribution in [3.05, 3.63) is 23.8 Å². The lowest BCUT2D eigenvalue weighted by atomic mass is 9.84. The van der Waals surface area contributed by atoms with Crippen LogP contribution in [0.4, 0.5) is 0 Å². The van der Waals surface area contributed by atoms with E-state index in [-0.39, 0.29) is 11.7 Å². The van der Waals surface area contributed by atoms with E-state index < -0.39 is 36.4 Å². The van der Waals surface area contributed by atoms with Gasteiger partial charge in [0.15, 0.2) is 11.5 Å². The van der Waals surface area contributed by atoms with Gasteiger partial charge < -0.3 is 30.3 Å². The molecule has 0 saturated heterocycles. The van der Waals surface area contributed by atoms with E-state index in [1.807, 2.05) is 13.0 Å². The number of aromatic hydroxyl groups is 1. The van der Waals surface area contributed by atoms with Crippen molar-refractivity contribution < 1.29 is 34.1 Å². The number of aliphatic carboxylic acids is 1. The topological polar surface area (TPSA) is 134 Å². The molecule has 1 aliphatic carbocycles. The van der Waals surface area contributed by atoms with Gasteiger partial charge in [0, 0.05) is 0 Å². The summed E-state index contributed by atoms with van der Waals surface area (Å²) in [7, 11) is 2.77. The molecule has 1 fully saturated rings. The van der Waals surface area contributed by atoms with Crippen molar-refractivity contribution in [2.75, 3.05) is 20.8 Å². The summed E-state index contributed by atoms with van der Waals surface area (Å²) in [5.41, 5.74) is 0.901. The SMILES string of the molecule is COC(=O)[C@@H](CC1CCCCC1)NC(=O)[C@H](CC(=O)O)NCCC(C)c1ccc(OC)c(O)c1. The summed E-state index contributed by atoms with van der Waals surface area (Å²) in [5.74, 6) is -1.32. The molecule has 1 aliphatic rings. The van der Waals surface area contributed by atoms with Gasteiger partial charge in [-0.05, 0) is 48.9 Å². The zero-order valence-corrected chi connectivity index (χ0v) is 20.3. The maximum atomic E-state index is 12.9. The molecule has 1 saturated carbocycles. The smallest absolute Gasteiger partial charge is 0.328 e. The minimum atomic E-state index is -1.11. The first kappa shape index (κ1) is 27.4. The van der Waals surface area contributed by atoms with Gasteiger partial charge in [0.25, 0.3) is 0 Å². The first-order valence-corrected chi connectivity index (χ1v) is 11.9. The van der Waals surface area contributed by atoms with Crippen molar-refractivity contribution in [1.82, 2.24) is 10.6 Å². The third kappa shape index (κ3) is 8.52. The maximum Gasteiger partial charge on any atom is 0.328 e. The summed E-state index contributed by atoms with van der Waals surface area (Å²) in [6.07, 6.45) is 6.14. The van der Waals surface area contributed by atoms with E-state index in [0.29, 0.717) is 31.1 Å². The predicted molar refractivity (Wildman–Crippen MR) is 127 cm³/mol. The number of benzene rings is 1. The number of methoxy groups -OCH3 is 2. The molecule has 0 aromatic heterocycles. The standard InChI is InChI=1S/C25H38N2O7/c1-16(18-9-10-22(33-2)21(28)14-18)11-12-26-19(15-23(29)30)24(31)27-20(25(32)34-3)13-17-7-5-4-6-8-17/h9-10,14,16-17,19-20,26,28H,4-8,11-13,15H2,1-3H3,(H,27,31)(H,29,30)/t16?,19-,20+/m0/s1. The Morgan fingerprint density at radius 3 is 2.41 bits per heavy atom. The zero-order valence-electron chi connectivity index (χ0n) is 20.3. The Balaban J connectivity index is 1.96. The van der Waals surface area contributed by atoms with Crippen LogP contribution in [0.1, 0.15) is 69.8 Å². The minimum Gasteiger partial charge on any atom is -0.504 e.